The molecule has 0 nitrogen and oxygen atoms in total. The topological polar surface area (TPSA) is 0 Å². The van der Waals surface area contributed by atoms with Crippen LogP contribution in [-0.4, -0.2) is 45.8 Å². The number of hydrogen-bond acceptors (Lipinski definition) is 0. The van der Waals surface area contributed by atoms with Gasteiger partial charge in [0, 0.05) is 5.54 Å². The van der Waals surface area contributed by atoms with Gasteiger partial charge in [0.05, 0.1) is 8.07 Å². The van der Waals surface area contributed by atoms with Crippen LogP contribution in [0.1, 0.15) is 94.2 Å². The molecule has 3 heteroatoms. The summed E-state index contributed by atoms with van der Waals surface area (Å²) < 4.78 is 0. The van der Waals surface area contributed by atoms with Crippen molar-refractivity contribution in [3.63, 3.8) is 0 Å². The molecule has 0 fully saturated rings. The minimum absolute atomic E-state index is 0. The summed E-state index contributed by atoms with van der Waals surface area (Å²) in [6, 6.07) is 11.9. The molecule has 2 aromatic carbocycles. The normalized spacial score (nSPS) is 19.4. The first kappa shape index (κ1) is 29.6. The Morgan fingerprint density at radius 2 is 1.44 bits per heavy atom. The number of rotatable bonds is 4. The van der Waals surface area contributed by atoms with Gasteiger partial charge in [-0.05, 0) is 115 Å². The van der Waals surface area contributed by atoms with Crippen LogP contribution in [-0.2, 0) is 12.8 Å². The monoisotopic (exact) mass is 482 g/mol. The maximum atomic E-state index is 2.67. The first-order valence-electron chi connectivity index (χ1n) is 13.4. The Kier molecular flexibility index (Phi) is 8.79. The molecule has 0 N–H and O–H groups in total. The molecule has 3 aliphatic rings. The van der Waals surface area contributed by atoms with Gasteiger partial charge in [-0.25, -0.2) is 0 Å². The van der Waals surface area contributed by atoms with E-state index >= 15 is 0 Å². The summed E-state index contributed by atoms with van der Waals surface area (Å²) in [6.07, 6.45) is 6.36. The van der Waals surface area contributed by atoms with Crippen LogP contribution < -0.4 is 0 Å². The van der Waals surface area contributed by atoms with E-state index in [-0.39, 0.29) is 37.7 Å². The molecule has 0 heterocycles. The van der Waals surface area contributed by atoms with E-state index in [0.29, 0.717) is 17.0 Å². The summed E-state index contributed by atoms with van der Waals surface area (Å²) in [5.41, 5.74) is 20.2. The van der Waals surface area contributed by atoms with E-state index in [1.807, 2.05) is 0 Å². The van der Waals surface area contributed by atoms with Gasteiger partial charge in [-0.2, -0.15) is 0 Å². The summed E-state index contributed by atoms with van der Waals surface area (Å²) in [7, 11) is -1.74. The zero-order valence-corrected chi connectivity index (χ0v) is 23.8. The van der Waals surface area contributed by atoms with Crippen molar-refractivity contribution in [1.82, 2.24) is 0 Å². The molecule has 5 rings (SSSR count). The average molecular weight is 483 g/mol. The molecule has 0 aliphatic heterocycles. The third-order valence-corrected chi connectivity index (χ3v) is 14.2. The van der Waals surface area contributed by atoms with Crippen molar-refractivity contribution in [3.05, 3.63) is 86.0 Å². The van der Waals surface area contributed by atoms with E-state index in [9.17, 15) is 0 Å². The Hall–Kier alpha value is -0.928. The Morgan fingerprint density at radius 1 is 0.833 bits per heavy atom. The average Bonchev–Trinajstić information content (AvgIpc) is 3.43. The van der Waals surface area contributed by atoms with Gasteiger partial charge in [0.1, 0.15) is 0 Å². The molecule has 3 aliphatic carbocycles. The van der Waals surface area contributed by atoms with Gasteiger partial charge in [-0.1, -0.05) is 80.1 Å². The fourth-order valence-corrected chi connectivity index (χ4v) is 13.2. The van der Waals surface area contributed by atoms with E-state index < -0.39 is 8.07 Å². The predicted octanol–water partition coefficient (Wildman–Crippen LogP) is 8.47. The van der Waals surface area contributed by atoms with E-state index in [0.717, 1.165) is 0 Å². The van der Waals surface area contributed by atoms with Crippen molar-refractivity contribution in [2.75, 3.05) is 0 Å². The first-order chi connectivity index (χ1) is 16.1. The molecule has 0 aromatic heterocycles. The fourth-order valence-electron chi connectivity index (χ4n) is 7.89. The van der Waals surface area contributed by atoms with Crippen LogP contribution in [0.3, 0.4) is 0 Å². The SMILES string of the molecule is CC1=Cc2c(cc3c(c2-c2ccccc2C(C)C)CCC3)C1[Si](C)(C)C1C(C)=C(C)C(C)=C1C.[LiH].[LiH]. The van der Waals surface area contributed by atoms with Crippen molar-refractivity contribution in [2.45, 2.75) is 97.8 Å². The molecule has 0 radical (unpaired) electrons. The van der Waals surface area contributed by atoms with Gasteiger partial charge in [-0.3, -0.25) is 0 Å². The van der Waals surface area contributed by atoms with E-state index in [2.05, 4.69) is 98.0 Å². The van der Waals surface area contributed by atoms with Gasteiger partial charge in [-0.15, -0.1) is 0 Å². The number of allylic oxidation sites excluding steroid dienone is 5. The van der Waals surface area contributed by atoms with Crippen LogP contribution >= 0.6 is 0 Å². The van der Waals surface area contributed by atoms with E-state index in [4.69, 9.17) is 0 Å². The van der Waals surface area contributed by atoms with Gasteiger partial charge in [0.15, 0.2) is 0 Å². The van der Waals surface area contributed by atoms with Crippen LogP contribution in [0.2, 0.25) is 18.6 Å². The maximum absolute atomic E-state index is 2.67. The zero-order valence-electron chi connectivity index (χ0n) is 22.8. The molecule has 182 valence electrons. The summed E-state index contributed by atoms with van der Waals surface area (Å²) in [5, 5.41) is 0. The molecular weight excluding hydrogens is 438 g/mol. The van der Waals surface area contributed by atoms with Crippen molar-refractivity contribution >= 4 is 51.9 Å². The van der Waals surface area contributed by atoms with Crippen molar-refractivity contribution in [2.24, 2.45) is 0 Å². The van der Waals surface area contributed by atoms with Gasteiger partial charge in [0.2, 0.25) is 0 Å². The summed E-state index contributed by atoms with van der Waals surface area (Å²) in [6.45, 7) is 22.0. The van der Waals surface area contributed by atoms with Crippen LogP contribution in [0.5, 0.6) is 0 Å². The van der Waals surface area contributed by atoms with Gasteiger partial charge in [0.25, 0.3) is 0 Å². The minimum atomic E-state index is -1.74. The Morgan fingerprint density at radius 3 is 2.06 bits per heavy atom. The van der Waals surface area contributed by atoms with E-state index in [1.54, 1.807) is 55.7 Å². The first-order valence-corrected chi connectivity index (χ1v) is 16.5. The molecule has 0 amide bonds. The van der Waals surface area contributed by atoms with Crippen molar-refractivity contribution < 1.29 is 0 Å². The van der Waals surface area contributed by atoms with Gasteiger partial charge >= 0.3 is 37.7 Å². The molecule has 0 saturated heterocycles. The quantitative estimate of drug-likeness (QED) is 0.383. The third-order valence-electron chi connectivity index (χ3n) is 9.56. The van der Waals surface area contributed by atoms with Crippen molar-refractivity contribution in [1.29, 1.82) is 0 Å². The second-order valence-corrected chi connectivity index (χ2v) is 17.0. The zero-order chi connectivity index (χ0) is 24.5. The number of aryl methyl sites for hydroxylation is 1. The fraction of sp³-hybridized carbons (Fsp3) is 0.455. The predicted molar refractivity (Wildman–Crippen MR) is 167 cm³/mol. The Labute approximate surface area is 245 Å². The Balaban J connectivity index is 0.00000180. The number of benzene rings is 2. The van der Waals surface area contributed by atoms with Crippen molar-refractivity contribution in [3.8, 4) is 11.1 Å². The molecule has 1 unspecified atom stereocenters. The van der Waals surface area contributed by atoms with Crippen LogP contribution in [0, 0.1) is 0 Å². The summed E-state index contributed by atoms with van der Waals surface area (Å²) in [5.74, 6) is 0.530. The molecule has 0 saturated carbocycles. The standard InChI is InChI=1S/C33H42Si.2Li.2H/c1-19(2)26-14-10-11-15-28(26)31-27-16-12-13-25(27)18-30-29(31)17-20(3)32(30)34(8,9)33-23(6)21(4)22(5)24(33)7;;;;/h10-11,14-15,17-19,32-33H,12-13,16H2,1-9H3;;;;. The van der Waals surface area contributed by atoms with Gasteiger partial charge < -0.3 is 0 Å². The number of hydrogen-bond donors (Lipinski definition) is 0. The second-order valence-electron chi connectivity index (χ2n) is 12.2. The van der Waals surface area contributed by atoms with Crippen LogP contribution in [0.4, 0.5) is 0 Å². The van der Waals surface area contributed by atoms with Crippen LogP contribution in [0.15, 0.2) is 58.2 Å². The summed E-state index contributed by atoms with van der Waals surface area (Å²) in [4.78, 5) is 0. The molecule has 0 bridgehead atoms. The molecule has 0 spiro atoms. The third kappa shape index (κ3) is 4.39. The van der Waals surface area contributed by atoms with E-state index in [1.165, 1.54) is 30.4 Å². The van der Waals surface area contributed by atoms with Crippen LogP contribution in [0.25, 0.3) is 17.2 Å². The molecular formula is C33H44Li2Si. The molecule has 2 aromatic rings. The second kappa shape index (κ2) is 10.7. The number of fused-ring (bicyclic) bond motifs is 2. The summed E-state index contributed by atoms with van der Waals surface area (Å²) >= 11 is 0. The molecule has 36 heavy (non-hydrogen) atoms. The molecule has 1 atom stereocenters. The Bertz CT molecular complexity index is 1270.